The molecule has 2 fully saturated rings. The van der Waals surface area contributed by atoms with Gasteiger partial charge in [-0.1, -0.05) is 69.2 Å². The van der Waals surface area contributed by atoms with Gasteiger partial charge in [-0.2, -0.15) is 0 Å². The van der Waals surface area contributed by atoms with Crippen LogP contribution in [0.5, 0.6) is 11.5 Å². The summed E-state index contributed by atoms with van der Waals surface area (Å²) in [5, 5.41) is 19.9. The summed E-state index contributed by atoms with van der Waals surface area (Å²) >= 11 is 4.50. The van der Waals surface area contributed by atoms with Crippen molar-refractivity contribution < 1.29 is 19.0 Å². The minimum Gasteiger partial charge on any atom is -0.507 e. The van der Waals surface area contributed by atoms with E-state index < -0.39 is 0 Å². The Morgan fingerprint density at radius 3 is 1.59 bits per heavy atom. The second-order valence-corrected chi connectivity index (χ2v) is 11.5. The SMILES string of the molecule is CC(C)c1c(O)cc(/C=C/c2ccccc2)cc1O.COCl.C[N+](C)(C1CCCCC1)C1CCCCC1. The number of hydrogen-bond acceptors (Lipinski definition) is 3. The topological polar surface area (TPSA) is 49.7 Å². The predicted octanol–water partition coefficient (Wildman–Crippen LogP) is 8.91. The molecule has 0 atom stereocenters. The van der Waals surface area contributed by atoms with E-state index in [1.807, 2.05) is 56.3 Å². The van der Waals surface area contributed by atoms with E-state index in [-0.39, 0.29) is 17.4 Å². The van der Waals surface area contributed by atoms with Crippen molar-refractivity contribution in [2.75, 3.05) is 21.2 Å². The molecule has 5 heteroatoms. The lowest BCUT2D eigenvalue weighted by Crippen LogP contribution is -2.56. The van der Waals surface area contributed by atoms with E-state index in [1.54, 1.807) is 12.1 Å². The van der Waals surface area contributed by atoms with Gasteiger partial charge in [-0.25, -0.2) is 0 Å². The lowest BCUT2D eigenvalue weighted by Gasteiger charge is -2.47. The molecule has 0 aromatic heterocycles. The number of aromatic hydroxyl groups is 2. The van der Waals surface area contributed by atoms with Crippen LogP contribution < -0.4 is 0 Å². The zero-order valence-electron chi connectivity index (χ0n) is 23.6. The van der Waals surface area contributed by atoms with E-state index in [9.17, 15) is 10.2 Å². The number of benzene rings is 2. The molecule has 2 N–H and O–H groups in total. The van der Waals surface area contributed by atoms with Crippen molar-refractivity contribution in [3.05, 3.63) is 59.2 Å². The summed E-state index contributed by atoms with van der Waals surface area (Å²) in [5.41, 5.74) is 2.45. The van der Waals surface area contributed by atoms with Crippen LogP contribution in [0.3, 0.4) is 0 Å². The Hall–Kier alpha value is -2.01. The minimum absolute atomic E-state index is 0.0900. The maximum absolute atomic E-state index is 9.95. The van der Waals surface area contributed by atoms with Crippen molar-refractivity contribution in [3.8, 4) is 11.5 Å². The van der Waals surface area contributed by atoms with Crippen molar-refractivity contribution in [2.45, 2.75) is 96.1 Å². The molecular formula is C32H49ClNO3+. The summed E-state index contributed by atoms with van der Waals surface area (Å²) in [7, 11) is 6.40. The summed E-state index contributed by atoms with van der Waals surface area (Å²) in [6.07, 6.45) is 18.7. The molecule has 4 nitrogen and oxygen atoms in total. The zero-order valence-corrected chi connectivity index (χ0v) is 24.4. The van der Waals surface area contributed by atoms with Gasteiger partial charge >= 0.3 is 0 Å². The summed E-state index contributed by atoms with van der Waals surface area (Å²) in [4.78, 5) is 0. The average molecular weight is 531 g/mol. The fourth-order valence-electron chi connectivity index (χ4n) is 5.88. The van der Waals surface area contributed by atoms with Gasteiger partial charge in [-0.05, 0) is 80.5 Å². The van der Waals surface area contributed by atoms with Crippen LogP contribution in [0.15, 0.2) is 42.5 Å². The number of nitrogens with zero attached hydrogens (tertiary/aromatic N) is 1. The largest absolute Gasteiger partial charge is 0.507 e. The Labute approximate surface area is 230 Å². The van der Waals surface area contributed by atoms with Gasteiger partial charge in [-0.3, -0.25) is 4.29 Å². The molecule has 0 radical (unpaired) electrons. The Morgan fingerprint density at radius 1 is 0.784 bits per heavy atom. The van der Waals surface area contributed by atoms with Gasteiger partial charge in [-0.15, -0.1) is 0 Å². The molecule has 0 saturated heterocycles. The van der Waals surface area contributed by atoms with Crippen LogP contribution in [0.1, 0.15) is 101 Å². The van der Waals surface area contributed by atoms with Crippen LogP contribution in [0, 0.1) is 0 Å². The molecule has 0 aliphatic heterocycles. The fraction of sp³-hybridized carbons (Fsp3) is 0.562. The van der Waals surface area contributed by atoms with Crippen molar-refractivity contribution in [3.63, 3.8) is 0 Å². The van der Waals surface area contributed by atoms with Gasteiger partial charge in [0.2, 0.25) is 0 Å². The van der Waals surface area contributed by atoms with Crippen LogP contribution in [-0.4, -0.2) is 48.0 Å². The highest BCUT2D eigenvalue weighted by Crippen LogP contribution is 2.35. The van der Waals surface area contributed by atoms with Crippen LogP contribution >= 0.6 is 11.9 Å². The normalized spacial score (nSPS) is 17.2. The van der Waals surface area contributed by atoms with Gasteiger partial charge in [0.15, 0.2) is 0 Å². The van der Waals surface area contributed by atoms with Gasteiger partial charge in [0, 0.05) is 5.56 Å². The second kappa shape index (κ2) is 16.1. The number of phenols is 2. The van der Waals surface area contributed by atoms with Crippen LogP contribution in [-0.2, 0) is 4.29 Å². The van der Waals surface area contributed by atoms with Crippen molar-refractivity contribution in [1.82, 2.24) is 0 Å². The molecule has 2 aliphatic carbocycles. The molecule has 206 valence electrons. The Bertz CT molecular complexity index is 887. The third-order valence-electron chi connectivity index (χ3n) is 8.04. The van der Waals surface area contributed by atoms with Crippen LogP contribution in [0.25, 0.3) is 12.2 Å². The minimum atomic E-state index is 0.0900. The molecule has 2 aromatic rings. The van der Waals surface area contributed by atoms with E-state index in [4.69, 9.17) is 0 Å². The van der Waals surface area contributed by atoms with Gasteiger partial charge in [0.05, 0.1) is 45.2 Å². The molecule has 2 saturated carbocycles. The van der Waals surface area contributed by atoms with Crippen molar-refractivity contribution in [2.24, 2.45) is 0 Å². The number of rotatable bonds is 5. The second-order valence-electron chi connectivity index (χ2n) is 11.2. The third kappa shape index (κ3) is 10.00. The standard InChI is InChI=1S/C17H18O2.C14H28N.CH3ClO/c1-12(2)17-15(18)10-14(11-16(17)19)9-8-13-6-4-3-5-7-13;1-15(2,13-9-5-3-6-10-13)14-11-7-4-8-12-14;1-3-2/h3-12,18-19H,1-2H3;13-14H,3-12H2,1-2H3;1H3/q;+1;/b9-8+;;. The van der Waals surface area contributed by atoms with Crippen molar-refractivity contribution >= 4 is 24.0 Å². The Morgan fingerprint density at radius 2 is 1.19 bits per heavy atom. The van der Waals surface area contributed by atoms with E-state index >= 15 is 0 Å². The predicted molar refractivity (Wildman–Crippen MR) is 158 cm³/mol. The average Bonchev–Trinajstić information content (AvgIpc) is 2.89. The highest BCUT2D eigenvalue weighted by molar-refractivity contribution is 6.07. The molecule has 0 spiro atoms. The molecule has 2 aliphatic rings. The van der Waals surface area contributed by atoms with E-state index in [0.29, 0.717) is 5.56 Å². The number of halogens is 1. The molecular weight excluding hydrogens is 482 g/mol. The summed E-state index contributed by atoms with van der Waals surface area (Å²) in [6, 6.07) is 15.2. The highest BCUT2D eigenvalue weighted by Gasteiger charge is 2.37. The van der Waals surface area contributed by atoms with Gasteiger partial charge in [0.25, 0.3) is 0 Å². The summed E-state index contributed by atoms with van der Waals surface area (Å²) in [6.45, 7) is 3.88. The maximum atomic E-state index is 9.95. The van der Waals surface area contributed by atoms with E-state index in [0.717, 1.165) is 23.2 Å². The first-order chi connectivity index (χ1) is 17.7. The molecule has 4 rings (SSSR count). The Kier molecular flexibility index (Phi) is 13.5. The molecule has 0 bridgehead atoms. The highest BCUT2D eigenvalue weighted by atomic mass is 35.5. The van der Waals surface area contributed by atoms with Crippen molar-refractivity contribution in [1.29, 1.82) is 0 Å². The molecule has 37 heavy (non-hydrogen) atoms. The summed E-state index contributed by atoms with van der Waals surface area (Å²) < 4.78 is 5.06. The van der Waals surface area contributed by atoms with Gasteiger partial charge in [0.1, 0.15) is 11.5 Å². The molecule has 0 heterocycles. The monoisotopic (exact) mass is 530 g/mol. The number of phenolic OH excluding ortho intramolecular Hbond substituents is 2. The van der Waals surface area contributed by atoms with Gasteiger partial charge < -0.3 is 14.7 Å². The maximum Gasteiger partial charge on any atom is 0.123 e. The Balaban J connectivity index is 0.000000240. The van der Waals surface area contributed by atoms with Crippen LogP contribution in [0.4, 0.5) is 0 Å². The summed E-state index contributed by atoms with van der Waals surface area (Å²) in [5.74, 6) is 0.373. The first-order valence-corrected chi connectivity index (χ1v) is 14.3. The fourth-order valence-corrected chi connectivity index (χ4v) is 5.88. The number of quaternary nitrogens is 1. The smallest absolute Gasteiger partial charge is 0.123 e. The zero-order chi connectivity index (χ0) is 27.3. The van der Waals surface area contributed by atoms with E-state index in [1.165, 1.54) is 75.8 Å². The number of hydrogen-bond donors (Lipinski definition) is 2. The van der Waals surface area contributed by atoms with Crippen LogP contribution in [0.2, 0.25) is 0 Å². The molecule has 0 unspecified atom stereocenters. The lowest BCUT2D eigenvalue weighted by molar-refractivity contribution is -0.941. The molecule has 2 aromatic carbocycles. The first kappa shape index (κ1) is 31.2. The first-order valence-electron chi connectivity index (χ1n) is 14.0. The third-order valence-corrected chi connectivity index (χ3v) is 8.04. The van der Waals surface area contributed by atoms with E-state index in [2.05, 4.69) is 30.3 Å². The molecule has 0 amide bonds. The lowest BCUT2D eigenvalue weighted by atomic mass is 9.87. The quantitative estimate of drug-likeness (QED) is 0.299.